The fourth-order valence-corrected chi connectivity index (χ4v) is 4.25. The molecule has 0 amide bonds. The van der Waals surface area contributed by atoms with Gasteiger partial charge in [-0.1, -0.05) is 0 Å². The van der Waals surface area contributed by atoms with Crippen molar-refractivity contribution in [3.8, 4) is 0 Å². The average molecular weight is 407 g/mol. The van der Waals surface area contributed by atoms with Gasteiger partial charge in [-0.05, 0) is 37.9 Å². The summed E-state index contributed by atoms with van der Waals surface area (Å²) >= 11 is 7.85. The summed E-state index contributed by atoms with van der Waals surface area (Å²) in [6.45, 7) is -0.852. The van der Waals surface area contributed by atoms with E-state index < -0.39 is 13.0 Å². The quantitative estimate of drug-likeness (QED) is 0.707. The highest BCUT2D eigenvalue weighted by molar-refractivity contribution is 9.12. The minimum atomic E-state index is -2.53. The number of hydrogen-bond acceptors (Lipinski definition) is 4. The lowest BCUT2D eigenvalue weighted by atomic mass is 10.2. The molecule has 0 bridgehead atoms. The number of nitrogens with zero attached hydrogens (tertiary/aromatic N) is 1. The summed E-state index contributed by atoms with van der Waals surface area (Å²) in [4.78, 5) is 13.2. The Bertz CT molecular complexity index is 415. The highest BCUT2D eigenvalue weighted by Gasteiger charge is 2.19. The Labute approximate surface area is 124 Å². The first-order valence-electron chi connectivity index (χ1n) is 5.03. The molecular weight excluding hydrogens is 396 g/mol. The monoisotopic (exact) mass is 405 g/mol. The van der Waals surface area contributed by atoms with Crippen molar-refractivity contribution in [2.45, 2.75) is 6.43 Å². The van der Waals surface area contributed by atoms with E-state index in [4.69, 9.17) is 5.11 Å². The van der Waals surface area contributed by atoms with E-state index in [-0.39, 0.29) is 25.5 Å². The number of alkyl halides is 2. The van der Waals surface area contributed by atoms with Gasteiger partial charge < -0.3 is 5.11 Å². The molecule has 18 heavy (non-hydrogen) atoms. The SMILES string of the molecule is O=C(CN(CCO)CC(F)F)c1cc(Br)sc1Br. The first-order chi connectivity index (χ1) is 8.43. The van der Waals surface area contributed by atoms with Crippen molar-refractivity contribution in [3.63, 3.8) is 0 Å². The predicted octanol–water partition coefficient (Wildman–Crippen LogP) is 3.02. The molecule has 1 heterocycles. The molecule has 0 spiro atoms. The van der Waals surface area contributed by atoms with Gasteiger partial charge in [0.05, 0.1) is 27.3 Å². The van der Waals surface area contributed by atoms with Gasteiger partial charge in [0.25, 0.3) is 6.43 Å². The smallest absolute Gasteiger partial charge is 0.251 e. The van der Waals surface area contributed by atoms with Gasteiger partial charge in [0.2, 0.25) is 0 Å². The molecule has 0 aliphatic rings. The molecule has 0 aliphatic heterocycles. The van der Waals surface area contributed by atoms with Crippen molar-refractivity contribution in [1.82, 2.24) is 4.90 Å². The molecule has 1 aromatic heterocycles. The largest absolute Gasteiger partial charge is 0.395 e. The second-order valence-electron chi connectivity index (χ2n) is 3.51. The molecule has 0 saturated heterocycles. The van der Waals surface area contributed by atoms with Gasteiger partial charge in [-0.3, -0.25) is 9.69 Å². The Kier molecular flexibility index (Phi) is 6.86. The van der Waals surface area contributed by atoms with Crippen LogP contribution in [0.3, 0.4) is 0 Å². The second-order valence-corrected chi connectivity index (χ2v) is 7.26. The molecule has 1 aromatic rings. The van der Waals surface area contributed by atoms with E-state index in [1.165, 1.54) is 16.2 Å². The summed E-state index contributed by atoms with van der Waals surface area (Å²) in [6, 6.07) is 1.65. The van der Waals surface area contributed by atoms with Crippen LogP contribution in [0.2, 0.25) is 0 Å². The molecule has 3 nitrogen and oxygen atoms in total. The summed E-state index contributed by atoms with van der Waals surface area (Å²) in [6.07, 6.45) is -2.53. The number of aliphatic hydroxyl groups excluding tert-OH is 1. The zero-order valence-corrected chi connectivity index (χ0v) is 13.2. The number of aliphatic hydroxyl groups is 1. The zero-order valence-electron chi connectivity index (χ0n) is 9.21. The van der Waals surface area contributed by atoms with E-state index >= 15 is 0 Å². The minimum absolute atomic E-state index is 0.0546. The van der Waals surface area contributed by atoms with Gasteiger partial charge >= 0.3 is 0 Å². The number of ketones is 1. The number of carbonyl (C=O) groups is 1. The van der Waals surface area contributed by atoms with Gasteiger partial charge in [0.1, 0.15) is 0 Å². The number of rotatable bonds is 7. The Morgan fingerprint density at radius 3 is 2.61 bits per heavy atom. The second kappa shape index (κ2) is 7.64. The van der Waals surface area contributed by atoms with Gasteiger partial charge in [-0.25, -0.2) is 8.78 Å². The maximum Gasteiger partial charge on any atom is 0.251 e. The summed E-state index contributed by atoms with van der Waals surface area (Å²) in [5.74, 6) is -0.252. The Balaban J connectivity index is 2.68. The van der Waals surface area contributed by atoms with Gasteiger partial charge in [0, 0.05) is 12.1 Å². The molecule has 0 fully saturated rings. The van der Waals surface area contributed by atoms with Crippen LogP contribution in [-0.2, 0) is 0 Å². The molecule has 0 aromatic carbocycles. The van der Waals surface area contributed by atoms with Gasteiger partial charge in [-0.2, -0.15) is 0 Å². The number of hydrogen-bond donors (Lipinski definition) is 1. The van der Waals surface area contributed by atoms with Crippen LogP contribution in [0.1, 0.15) is 10.4 Å². The maximum absolute atomic E-state index is 12.3. The lowest BCUT2D eigenvalue weighted by Crippen LogP contribution is -2.36. The topological polar surface area (TPSA) is 40.5 Å². The molecule has 102 valence electrons. The Morgan fingerprint density at radius 1 is 1.50 bits per heavy atom. The zero-order chi connectivity index (χ0) is 13.7. The van der Waals surface area contributed by atoms with Crippen LogP contribution >= 0.6 is 43.2 Å². The first-order valence-corrected chi connectivity index (χ1v) is 7.43. The standard InChI is InChI=1S/C10H11Br2F2NO2S/c11-8-3-6(10(12)18-8)7(17)4-15(1-2-16)5-9(13)14/h3,9,16H,1-2,4-5H2. The highest BCUT2D eigenvalue weighted by atomic mass is 79.9. The van der Waals surface area contributed by atoms with Gasteiger partial charge in [-0.15, -0.1) is 11.3 Å². The summed E-state index contributed by atoms with van der Waals surface area (Å²) in [7, 11) is 0. The van der Waals surface area contributed by atoms with E-state index in [1.54, 1.807) is 6.07 Å². The number of Topliss-reactive ketones (excluding diaryl/α,β-unsaturated/α-hetero) is 1. The maximum atomic E-state index is 12.3. The van der Waals surface area contributed by atoms with Crippen LogP contribution in [0.25, 0.3) is 0 Å². The fraction of sp³-hybridized carbons (Fsp3) is 0.500. The molecule has 0 atom stereocenters. The van der Waals surface area contributed by atoms with Crippen LogP contribution in [0.5, 0.6) is 0 Å². The Morgan fingerprint density at radius 2 is 2.17 bits per heavy atom. The van der Waals surface area contributed by atoms with Crippen LogP contribution in [-0.4, -0.2) is 48.5 Å². The number of halogens is 4. The Hall–Kier alpha value is 0.110. The summed E-state index contributed by atoms with van der Waals surface area (Å²) < 4.78 is 26.0. The van der Waals surface area contributed by atoms with Crippen molar-refractivity contribution in [3.05, 3.63) is 19.2 Å². The normalized spacial score (nSPS) is 11.5. The molecule has 0 saturated carbocycles. The van der Waals surface area contributed by atoms with E-state index in [9.17, 15) is 13.6 Å². The van der Waals surface area contributed by atoms with Crippen molar-refractivity contribution in [2.24, 2.45) is 0 Å². The van der Waals surface area contributed by atoms with E-state index in [0.717, 1.165) is 3.79 Å². The third-order valence-corrected chi connectivity index (χ3v) is 4.48. The third kappa shape index (κ3) is 5.00. The third-order valence-electron chi connectivity index (χ3n) is 2.14. The number of carbonyl (C=O) groups excluding carboxylic acids is 1. The van der Waals surface area contributed by atoms with Crippen LogP contribution in [0.15, 0.2) is 13.6 Å². The van der Waals surface area contributed by atoms with Crippen LogP contribution in [0.4, 0.5) is 8.78 Å². The van der Waals surface area contributed by atoms with E-state index in [2.05, 4.69) is 31.9 Å². The minimum Gasteiger partial charge on any atom is -0.395 e. The van der Waals surface area contributed by atoms with Crippen molar-refractivity contribution >= 4 is 49.0 Å². The van der Waals surface area contributed by atoms with Crippen molar-refractivity contribution in [2.75, 3.05) is 26.2 Å². The molecule has 0 unspecified atom stereocenters. The van der Waals surface area contributed by atoms with Gasteiger partial charge in [0.15, 0.2) is 5.78 Å². The van der Waals surface area contributed by atoms with Crippen LogP contribution in [0, 0.1) is 0 Å². The first kappa shape index (κ1) is 16.2. The molecule has 1 rings (SSSR count). The summed E-state index contributed by atoms with van der Waals surface area (Å²) in [5.41, 5.74) is 0.462. The lowest BCUT2D eigenvalue weighted by Gasteiger charge is -2.19. The lowest BCUT2D eigenvalue weighted by molar-refractivity contribution is 0.0689. The van der Waals surface area contributed by atoms with Crippen LogP contribution < -0.4 is 0 Å². The average Bonchev–Trinajstić information content (AvgIpc) is 2.57. The molecule has 1 N–H and O–H groups in total. The van der Waals surface area contributed by atoms with Crippen molar-refractivity contribution in [1.29, 1.82) is 0 Å². The van der Waals surface area contributed by atoms with E-state index in [1.807, 2.05) is 0 Å². The fourth-order valence-electron chi connectivity index (χ4n) is 1.39. The highest BCUT2D eigenvalue weighted by Crippen LogP contribution is 2.32. The molecule has 8 heteroatoms. The molecule has 0 aliphatic carbocycles. The molecule has 0 radical (unpaired) electrons. The predicted molar refractivity (Wildman–Crippen MR) is 73.6 cm³/mol. The summed E-state index contributed by atoms with van der Waals surface area (Å²) in [5, 5.41) is 8.78. The molecular formula is C10H11Br2F2NO2S. The van der Waals surface area contributed by atoms with E-state index in [0.29, 0.717) is 9.35 Å². The number of thiophene rings is 1. The van der Waals surface area contributed by atoms with Crippen molar-refractivity contribution < 1.29 is 18.7 Å².